The Morgan fingerprint density at radius 1 is 1.35 bits per heavy atom. The Bertz CT molecular complexity index is 566. The number of nitrogen functional groups attached to an aromatic ring is 1. The highest BCUT2D eigenvalue weighted by molar-refractivity contribution is 7.19. The van der Waals surface area contributed by atoms with Gasteiger partial charge in [0.2, 0.25) is 10.3 Å². The van der Waals surface area contributed by atoms with Crippen LogP contribution in [0.5, 0.6) is 0 Å². The van der Waals surface area contributed by atoms with E-state index in [9.17, 15) is 4.79 Å². The molecular formula is C10H11N5OS. The van der Waals surface area contributed by atoms with Crippen molar-refractivity contribution in [3.8, 4) is 0 Å². The van der Waals surface area contributed by atoms with Gasteiger partial charge in [-0.15, -0.1) is 10.2 Å². The van der Waals surface area contributed by atoms with E-state index >= 15 is 0 Å². The molecule has 2 heterocycles. The van der Waals surface area contributed by atoms with Crippen molar-refractivity contribution in [2.75, 3.05) is 11.1 Å². The number of hydrogen-bond acceptors (Lipinski definition) is 6. The molecule has 0 radical (unpaired) electrons. The summed E-state index contributed by atoms with van der Waals surface area (Å²) in [5, 5.41) is 10.7. The Labute approximate surface area is 102 Å². The smallest absolute Gasteiger partial charge is 0.259 e. The first-order valence-corrected chi connectivity index (χ1v) is 5.72. The van der Waals surface area contributed by atoms with Gasteiger partial charge in [0.05, 0.1) is 11.3 Å². The van der Waals surface area contributed by atoms with Crippen LogP contribution in [-0.4, -0.2) is 21.1 Å². The van der Waals surface area contributed by atoms with Crippen molar-refractivity contribution in [2.24, 2.45) is 0 Å². The molecule has 0 spiro atoms. The largest absolute Gasteiger partial charge is 0.374 e. The lowest BCUT2D eigenvalue weighted by Gasteiger charge is -2.04. The van der Waals surface area contributed by atoms with Gasteiger partial charge in [-0.25, -0.2) is 0 Å². The molecule has 3 N–H and O–H groups in total. The number of aromatic nitrogens is 3. The molecule has 7 heteroatoms. The van der Waals surface area contributed by atoms with Crippen LogP contribution in [0.15, 0.2) is 12.1 Å². The van der Waals surface area contributed by atoms with E-state index in [1.807, 2.05) is 6.92 Å². The van der Waals surface area contributed by atoms with Crippen LogP contribution >= 0.6 is 11.3 Å². The van der Waals surface area contributed by atoms with Crippen molar-refractivity contribution in [3.05, 3.63) is 29.1 Å². The number of carbonyl (C=O) groups is 1. The van der Waals surface area contributed by atoms with E-state index in [0.29, 0.717) is 21.5 Å². The minimum absolute atomic E-state index is 0.258. The fourth-order valence-electron chi connectivity index (χ4n) is 1.38. The van der Waals surface area contributed by atoms with Gasteiger partial charge in [-0.2, -0.15) is 0 Å². The first-order valence-electron chi connectivity index (χ1n) is 4.91. The van der Waals surface area contributed by atoms with Crippen LogP contribution in [0.2, 0.25) is 0 Å². The minimum Gasteiger partial charge on any atom is -0.374 e. The van der Waals surface area contributed by atoms with E-state index in [1.54, 1.807) is 19.1 Å². The van der Waals surface area contributed by atoms with Crippen LogP contribution < -0.4 is 11.1 Å². The monoisotopic (exact) mass is 249 g/mol. The molecule has 2 rings (SSSR count). The molecule has 0 aliphatic carbocycles. The number of pyridine rings is 1. The highest BCUT2D eigenvalue weighted by atomic mass is 32.1. The quantitative estimate of drug-likeness (QED) is 0.838. The van der Waals surface area contributed by atoms with Gasteiger partial charge in [-0.3, -0.25) is 15.1 Å². The second-order valence-electron chi connectivity index (χ2n) is 3.49. The zero-order chi connectivity index (χ0) is 12.4. The van der Waals surface area contributed by atoms with Crippen LogP contribution in [0.4, 0.5) is 10.3 Å². The first kappa shape index (κ1) is 11.5. The summed E-state index contributed by atoms with van der Waals surface area (Å²) >= 11 is 1.12. The molecule has 0 bridgehead atoms. The molecule has 1 amide bonds. The molecule has 0 saturated carbocycles. The van der Waals surface area contributed by atoms with E-state index in [0.717, 1.165) is 17.0 Å². The number of carbonyl (C=O) groups excluding carboxylic acids is 1. The van der Waals surface area contributed by atoms with E-state index in [4.69, 9.17) is 5.73 Å². The summed E-state index contributed by atoms with van der Waals surface area (Å²) in [5.41, 5.74) is 7.50. The van der Waals surface area contributed by atoms with E-state index in [1.165, 1.54) is 0 Å². The number of nitrogens with one attached hydrogen (secondary N) is 1. The number of nitrogens with two attached hydrogens (primary N) is 1. The average molecular weight is 249 g/mol. The topological polar surface area (TPSA) is 93.8 Å². The molecule has 0 unspecified atom stereocenters. The molecule has 2 aromatic heterocycles. The number of amides is 1. The van der Waals surface area contributed by atoms with Crippen molar-refractivity contribution < 1.29 is 4.79 Å². The molecule has 0 atom stereocenters. The van der Waals surface area contributed by atoms with Gasteiger partial charge < -0.3 is 5.73 Å². The van der Waals surface area contributed by atoms with Crippen molar-refractivity contribution in [3.63, 3.8) is 0 Å². The van der Waals surface area contributed by atoms with Gasteiger partial charge in [-0.05, 0) is 26.0 Å². The number of hydrogen-bond donors (Lipinski definition) is 2. The number of rotatable bonds is 2. The molecule has 88 valence electrons. The summed E-state index contributed by atoms with van der Waals surface area (Å²) in [7, 11) is 0. The molecule has 0 aromatic carbocycles. The second kappa shape index (κ2) is 4.46. The molecule has 0 aliphatic heterocycles. The highest BCUT2D eigenvalue weighted by Gasteiger charge is 2.12. The average Bonchev–Trinajstić information content (AvgIpc) is 2.63. The summed E-state index contributed by atoms with van der Waals surface area (Å²) < 4.78 is 0. The lowest BCUT2D eigenvalue weighted by molar-refractivity contribution is 0.102. The van der Waals surface area contributed by atoms with Crippen LogP contribution in [0.25, 0.3) is 0 Å². The fraction of sp³-hybridized carbons (Fsp3) is 0.200. The summed E-state index contributed by atoms with van der Waals surface area (Å²) in [4.78, 5) is 16.1. The molecule has 0 saturated heterocycles. The van der Waals surface area contributed by atoms with Gasteiger partial charge >= 0.3 is 0 Å². The fourth-order valence-corrected chi connectivity index (χ4v) is 1.88. The predicted molar refractivity (Wildman–Crippen MR) is 66.0 cm³/mol. The predicted octanol–water partition coefficient (Wildman–Crippen LogP) is 1.38. The lowest BCUT2D eigenvalue weighted by atomic mass is 10.2. The van der Waals surface area contributed by atoms with Gasteiger partial charge in [-0.1, -0.05) is 11.3 Å². The Balaban J connectivity index is 2.20. The summed E-state index contributed by atoms with van der Waals surface area (Å²) in [6, 6.07) is 3.52. The lowest BCUT2D eigenvalue weighted by Crippen LogP contribution is -2.14. The zero-order valence-electron chi connectivity index (χ0n) is 9.39. The Morgan fingerprint density at radius 2 is 2.12 bits per heavy atom. The summed E-state index contributed by atoms with van der Waals surface area (Å²) in [6.07, 6.45) is 0. The Morgan fingerprint density at radius 3 is 2.71 bits per heavy atom. The maximum Gasteiger partial charge on any atom is 0.259 e. The SMILES string of the molecule is Cc1ccc(C(=O)Nc2nnc(N)s2)c(C)n1. The van der Waals surface area contributed by atoms with Gasteiger partial charge in [0.1, 0.15) is 0 Å². The molecular weight excluding hydrogens is 238 g/mol. The molecule has 0 fully saturated rings. The minimum atomic E-state index is -0.258. The first-order chi connectivity index (χ1) is 8.06. The molecule has 6 nitrogen and oxygen atoms in total. The number of anilines is 2. The van der Waals surface area contributed by atoms with Gasteiger partial charge in [0.25, 0.3) is 5.91 Å². The van der Waals surface area contributed by atoms with Crippen molar-refractivity contribution in [1.82, 2.24) is 15.2 Å². The van der Waals surface area contributed by atoms with E-state index < -0.39 is 0 Å². The Hall–Kier alpha value is -2.02. The van der Waals surface area contributed by atoms with Crippen LogP contribution in [-0.2, 0) is 0 Å². The standard InChI is InChI=1S/C10H11N5OS/c1-5-3-4-7(6(2)12-5)8(16)13-10-15-14-9(11)17-10/h3-4H,1-2H3,(H2,11,14)(H,13,15,16). The number of aryl methyl sites for hydroxylation is 2. The van der Waals surface area contributed by atoms with Crippen LogP contribution in [0.3, 0.4) is 0 Å². The highest BCUT2D eigenvalue weighted by Crippen LogP contribution is 2.17. The third-order valence-corrected chi connectivity index (χ3v) is 2.80. The summed E-state index contributed by atoms with van der Waals surface area (Å²) in [6.45, 7) is 3.66. The maximum absolute atomic E-state index is 11.9. The van der Waals surface area contributed by atoms with Crippen molar-refractivity contribution >= 4 is 27.5 Å². The van der Waals surface area contributed by atoms with Crippen LogP contribution in [0, 0.1) is 13.8 Å². The molecule has 2 aromatic rings. The summed E-state index contributed by atoms with van der Waals surface area (Å²) in [5.74, 6) is -0.258. The van der Waals surface area contributed by atoms with E-state index in [-0.39, 0.29) is 5.91 Å². The third-order valence-electron chi connectivity index (χ3n) is 2.13. The van der Waals surface area contributed by atoms with E-state index in [2.05, 4.69) is 20.5 Å². The van der Waals surface area contributed by atoms with Crippen molar-refractivity contribution in [2.45, 2.75) is 13.8 Å². The second-order valence-corrected chi connectivity index (χ2v) is 4.49. The normalized spacial score (nSPS) is 10.2. The van der Waals surface area contributed by atoms with Crippen LogP contribution in [0.1, 0.15) is 21.7 Å². The third kappa shape index (κ3) is 2.56. The number of nitrogens with zero attached hydrogens (tertiary/aromatic N) is 3. The molecule has 0 aliphatic rings. The Kier molecular flexibility index (Phi) is 3.01. The van der Waals surface area contributed by atoms with Gasteiger partial charge in [0.15, 0.2) is 0 Å². The van der Waals surface area contributed by atoms with Crippen molar-refractivity contribution in [1.29, 1.82) is 0 Å². The van der Waals surface area contributed by atoms with Gasteiger partial charge in [0, 0.05) is 5.69 Å². The zero-order valence-corrected chi connectivity index (χ0v) is 10.2. The molecule has 17 heavy (non-hydrogen) atoms. The maximum atomic E-state index is 11.9.